The first-order valence-electron chi connectivity index (χ1n) is 8.92. The van der Waals surface area contributed by atoms with E-state index in [9.17, 15) is 4.79 Å². The van der Waals surface area contributed by atoms with Crippen LogP contribution in [-0.4, -0.2) is 21.8 Å². The molecule has 1 N–H and O–H groups in total. The van der Waals surface area contributed by atoms with Gasteiger partial charge in [-0.15, -0.1) is 0 Å². The van der Waals surface area contributed by atoms with Crippen molar-refractivity contribution in [3.05, 3.63) is 70.9 Å². The average molecular weight is 382 g/mol. The SMILES string of the molecule is CC(C)Oc1ccccc1[C@H]1CC(=O)Nc2c1cnn2-c1cccc(Cl)c1. The Kier molecular flexibility index (Phi) is 4.62. The van der Waals surface area contributed by atoms with Crippen molar-refractivity contribution in [1.29, 1.82) is 0 Å². The predicted molar refractivity (Wildman–Crippen MR) is 106 cm³/mol. The minimum atomic E-state index is -0.114. The van der Waals surface area contributed by atoms with Crippen molar-refractivity contribution in [3.63, 3.8) is 0 Å². The molecule has 3 aromatic rings. The second kappa shape index (κ2) is 7.08. The van der Waals surface area contributed by atoms with E-state index in [1.165, 1.54) is 0 Å². The summed E-state index contributed by atoms with van der Waals surface area (Å²) in [5, 5.41) is 8.09. The van der Waals surface area contributed by atoms with E-state index in [1.807, 2.05) is 68.6 Å². The molecule has 0 saturated heterocycles. The van der Waals surface area contributed by atoms with E-state index in [2.05, 4.69) is 10.4 Å². The van der Waals surface area contributed by atoms with Gasteiger partial charge in [-0.2, -0.15) is 5.10 Å². The van der Waals surface area contributed by atoms with Gasteiger partial charge in [0.05, 0.1) is 18.0 Å². The summed E-state index contributed by atoms with van der Waals surface area (Å²) in [5.41, 5.74) is 2.76. The first kappa shape index (κ1) is 17.6. The molecule has 0 bridgehead atoms. The van der Waals surface area contributed by atoms with E-state index in [0.29, 0.717) is 17.3 Å². The lowest BCUT2D eigenvalue weighted by molar-refractivity contribution is -0.116. The molecule has 1 atom stereocenters. The second-order valence-electron chi connectivity index (χ2n) is 6.85. The maximum Gasteiger partial charge on any atom is 0.226 e. The summed E-state index contributed by atoms with van der Waals surface area (Å²) in [6.45, 7) is 3.99. The third-order valence-electron chi connectivity index (χ3n) is 4.53. The number of carbonyl (C=O) groups is 1. The number of anilines is 1. The Morgan fingerprint density at radius 2 is 2.00 bits per heavy atom. The van der Waals surface area contributed by atoms with Gasteiger partial charge in [-0.05, 0) is 38.1 Å². The lowest BCUT2D eigenvalue weighted by Crippen LogP contribution is -2.25. The van der Waals surface area contributed by atoms with Gasteiger partial charge < -0.3 is 10.1 Å². The van der Waals surface area contributed by atoms with Gasteiger partial charge in [0.25, 0.3) is 0 Å². The molecule has 0 unspecified atom stereocenters. The average Bonchev–Trinajstić information content (AvgIpc) is 3.05. The third-order valence-corrected chi connectivity index (χ3v) is 4.77. The van der Waals surface area contributed by atoms with Gasteiger partial charge in [-0.3, -0.25) is 4.79 Å². The Hall–Kier alpha value is -2.79. The molecule has 0 radical (unpaired) electrons. The highest BCUT2D eigenvalue weighted by Gasteiger charge is 2.32. The van der Waals surface area contributed by atoms with Crippen molar-refractivity contribution in [2.75, 3.05) is 5.32 Å². The smallest absolute Gasteiger partial charge is 0.226 e. The molecule has 0 aliphatic carbocycles. The van der Waals surface area contributed by atoms with Crippen LogP contribution < -0.4 is 10.1 Å². The summed E-state index contributed by atoms with van der Waals surface area (Å²) in [6, 6.07) is 15.3. The van der Waals surface area contributed by atoms with Gasteiger partial charge in [0.15, 0.2) is 0 Å². The second-order valence-corrected chi connectivity index (χ2v) is 7.29. The zero-order valence-electron chi connectivity index (χ0n) is 15.1. The number of nitrogens with one attached hydrogen (secondary N) is 1. The van der Waals surface area contributed by atoms with Gasteiger partial charge in [0, 0.05) is 28.5 Å². The highest BCUT2D eigenvalue weighted by molar-refractivity contribution is 6.30. The van der Waals surface area contributed by atoms with Gasteiger partial charge in [0.2, 0.25) is 5.91 Å². The molecular weight excluding hydrogens is 362 g/mol. The molecule has 1 aliphatic heterocycles. The van der Waals surface area contributed by atoms with E-state index < -0.39 is 0 Å². The predicted octanol–water partition coefficient (Wildman–Crippen LogP) is 4.79. The zero-order valence-corrected chi connectivity index (χ0v) is 15.9. The summed E-state index contributed by atoms with van der Waals surface area (Å²) in [4.78, 5) is 12.5. The molecule has 0 fully saturated rings. The number of fused-ring (bicyclic) bond motifs is 1. The summed E-state index contributed by atoms with van der Waals surface area (Å²) < 4.78 is 7.70. The Bertz CT molecular complexity index is 997. The summed E-state index contributed by atoms with van der Waals surface area (Å²) in [7, 11) is 0. The number of hydrogen-bond acceptors (Lipinski definition) is 3. The fraction of sp³-hybridized carbons (Fsp3) is 0.238. The first-order valence-corrected chi connectivity index (χ1v) is 9.30. The fourth-order valence-electron chi connectivity index (χ4n) is 3.43. The van der Waals surface area contributed by atoms with Gasteiger partial charge in [-0.25, -0.2) is 4.68 Å². The number of benzene rings is 2. The number of nitrogens with zero attached hydrogens (tertiary/aromatic N) is 2. The number of para-hydroxylation sites is 1. The van der Waals surface area contributed by atoms with Crippen LogP contribution in [-0.2, 0) is 4.79 Å². The molecule has 4 rings (SSSR count). The van der Waals surface area contributed by atoms with E-state index >= 15 is 0 Å². The highest BCUT2D eigenvalue weighted by Crippen LogP contribution is 2.41. The van der Waals surface area contributed by atoms with Crippen LogP contribution in [0.5, 0.6) is 5.75 Å². The van der Waals surface area contributed by atoms with Crippen LogP contribution >= 0.6 is 11.6 Å². The number of rotatable bonds is 4. The monoisotopic (exact) mass is 381 g/mol. The van der Waals surface area contributed by atoms with Gasteiger partial charge in [0.1, 0.15) is 11.6 Å². The largest absolute Gasteiger partial charge is 0.491 e. The Morgan fingerprint density at radius 3 is 2.78 bits per heavy atom. The van der Waals surface area contributed by atoms with Crippen LogP contribution in [0.1, 0.15) is 37.3 Å². The van der Waals surface area contributed by atoms with E-state index in [1.54, 1.807) is 4.68 Å². The molecule has 1 aromatic heterocycles. The number of ether oxygens (including phenoxy) is 1. The Labute approximate surface area is 162 Å². The Balaban J connectivity index is 1.81. The topological polar surface area (TPSA) is 56.1 Å². The lowest BCUT2D eigenvalue weighted by Gasteiger charge is -2.26. The molecule has 1 aliphatic rings. The molecule has 2 aromatic carbocycles. The molecule has 2 heterocycles. The fourth-order valence-corrected chi connectivity index (χ4v) is 3.61. The van der Waals surface area contributed by atoms with Crippen LogP contribution in [0, 0.1) is 0 Å². The third kappa shape index (κ3) is 3.43. The Morgan fingerprint density at radius 1 is 1.19 bits per heavy atom. The molecule has 1 amide bonds. The van der Waals surface area contributed by atoms with Crippen molar-refractivity contribution in [1.82, 2.24) is 9.78 Å². The lowest BCUT2D eigenvalue weighted by atomic mass is 9.87. The van der Waals surface area contributed by atoms with Gasteiger partial charge >= 0.3 is 0 Å². The molecule has 0 saturated carbocycles. The minimum Gasteiger partial charge on any atom is -0.491 e. The number of hydrogen-bond donors (Lipinski definition) is 1. The van der Waals surface area contributed by atoms with Crippen molar-refractivity contribution < 1.29 is 9.53 Å². The van der Waals surface area contributed by atoms with Crippen LogP contribution in [0.15, 0.2) is 54.7 Å². The number of carbonyl (C=O) groups excluding carboxylic acids is 1. The summed E-state index contributed by atoms with van der Waals surface area (Å²) in [5.74, 6) is 1.32. The highest BCUT2D eigenvalue weighted by atomic mass is 35.5. The molecule has 6 heteroatoms. The van der Waals surface area contributed by atoms with Gasteiger partial charge in [-0.1, -0.05) is 35.9 Å². The van der Waals surface area contributed by atoms with E-state index in [-0.39, 0.29) is 17.9 Å². The standard InChI is InChI=1S/C21H20ClN3O2/c1-13(2)27-19-9-4-3-8-16(19)17-11-20(26)24-21-18(17)12-23-25(21)15-7-5-6-14(22)10-15/h3-10,12-13,17H,11H2,1-2H3,(H,24,26)/t17-/m1/s1. The van der Waals surface area contributed by atoms with Crippen molar-refractivity contribution >= 4 is 23.3 Å². The van der Waals surface area contributed by atoms with E-state index in [4.69, 9.17) is 16.3 Å². The van der Waals surface area contributed by atoms with Crippen LogP contribution in [0.4, 0.5) is 5.82 Å². The van der Waals surface area contributed by atoms with Crippen LogP contribution in [0.2, 0.25) is 5.02 Å². The summed E-state index contributed by atoms with van der Waals surface area (Å²) in [6.07, 6.45) is 2.22. The maximum atomic E-state index is 12.5. The van der Waals surface area contributed by atoms with Crippen molar-refractivity contribution in [2.24, 2.45) is 0 Å². The van der Waals surface area contributed by atoms with Crippen LogP contribution in [0.25, 0.3) is 5.69 Å². The molecular formula is C21H20ClN3O2. The van der Waals surface area contributed by atoms with Crippen molar-refractivity contribution in [3.8, 4) is 11.4 Å². The molecule has 27 heavy (non-hydrogen) atoms. The number of aromatic nitrogens is 2. The van der Waals surface area contributed by atoms with Crippen LogP contribution in [0.3, 0.4) is 0 Å². The number of halogens is 1. The first-order chi connectivity index (χ1) is 13.0. The zero-order chi connectivity index (χ0) is 19.0. The van der Waals surface area contributed by atoms with Crippen molar-refractivity contribution in [2.45, 2.75) is 32.3 Å². The summed E-state index contributed by atoms with van der Waals surface area (Å²) >= 11 is 6.12. The maximum absolute atomic E-state index is 12.5. The molecule has 5 nitrogen and oxygen atoms in total. The molecule has 138 valence electrons. The number of amides is 1. The minimum absolute atomic E-state index is 0.0457. The molecule has 0 spiro atoms. The van der Waals surface area contributed by atoms with E-state index in [0.717, 1.165) is 22.6 Å². The normalized spacial score (nSPS) is 16.1. The quantitative estimate of drug-likeness (QED) is 0.707.